The van der Waals surface area contributed by atoms with Crippen LogP contribution in [-0.4, -0.2) is 9.78 Å². The fourth-order valence-corrected chi connectivity index (χ4v) is 1.58. The maximum Gasteiger partial charge on any atom is 0.0650 e. The molecule has 0 saturated carbocycles. The highest BCUT2D eigenvalue weighted by atomic mass is 15.3. The van der Waals surface area contributed by atoms with E-state index in [1.165, 1.54) is 5.69 Å². The summed E-state index contributed by atoms with van der Waals surface area (Å²) in [5, 5.41) is 4.31. The molecule has 2 aromatic rings. The van der Waals surface area contributed by atoms with E-state index in [0.29, 0.717) is 5.92 Å². The van der Waals surface area contributed by atoms with E-state index in [1.807, 2.05) is 41.2 Å². The number of nitrogens with two attached hydrogens (primary N) is 1. The Bertz CT molecular complexity index is 440. The van der Waals surface area contributed by atoms with Gasteiger partial charge in [0.2, 0.25) is 0 Å². The third kappa shape index (κ3) is 1.86. The van der Waals surface area contributed by atoms with Gasteiger partial charge in [0.05, 0.1) is 5.69 Å². The Balaban J connectivity index is 2.45. The maximum absolute atomic E-state index is 5.65. The highest BCUT2D eigenvalue weighted by molar-refractivity contribution is 5.45. The zero-order valence-electron chi connectivity index (χ0n) is 9.01. The van der Waals surface area contributed by atoms with E-state index in [4.69, 9.17) is 5.73 Å². The summed E-state index contributed by atoms with van der Waals surface area (Å²) in [6, 6.07) is 9.78. The lowest BCUT2D eigenvalue weighted by Crippen LogP contribution is -2.03. The topological polar surface area (TPSA) is 43.8 Å². The van der Waals surface area contributed by atoms with Crippen molar-refractivity contribution in [3.05, 3.63) is 42.2 Å². The minimum atomic E-state index is 0.463. The molecule has 0 aliphatic heterocycles. The van der Waals surface area contributed by atoms with Gasteiger partial charge >= 0.3 is 0 Å². The van der Waals surface area contributed by atoms with Gasteiger partial charge in [-0.15, -0.1) is 0 Å². The van der Waals surface area contributed by atoms with Crippen LogP contribution >= 0.6 is 0 Å². The summed E-state index contributed by atoms with van der Waals surface area (Å²) in [6.45, 7) is 4.32. The van der Waals surface area contributed by atoms with Crippen LogP contribution in [0.3, 0.4) is 0 Å². The van der Waals surface area contributed by atoms with Gasteiger partial charge in [-0.2, -0.15) is 5.10 Å². The summed E-state index contributed by atoms with van der Waals surface area (Å²) in [6.07, 6.45) is 1.83. The molecule has 0 atom stereocenters. The number of hydrogen-bond acceptors (Lipinski definition) is 2. The van der Waals surface area contributed by atoms with E-state index >= 15 is 0 Å². The van der Waals surface area contributed by atoms with Crippen molar-refractivity contribution in [2.75, 3.05) is 5.73 Å². The van der Waals surface area contributed by atoms with Crippen LogP contribution in [0.25, 0.3) is 5.69 Å². The average molecular weight is 201 g/mol. The van der Waals surface area contributed by atoms with Crippen LogP contribution in [0.15, 0.2) is 36.5 Å². The van der Waals surface area contributed by atoms with E-state index < -0.39 is 0 Å². The van der Waals surface area contributed by atoms with Gasteiger partial charge in [0.15, 0.2) is 0 Å². The highest BCUT2D eigenvalue weighted by Crippen LogP contribution is 2.18. The van der Waals surface area contributed by atoms with Crippen LogP contribution in [0, 0.1) is 0 Å². The minimum absolute atomic E-state index is 0.463. The maximum atomic E-state index is 5.65. The fourth-order valence-electron chi connectivity index (χ4n) is 1.58. The third-order valence-corrected chi connectivity index (χ3v) is 2.40. The SMILES string of the molecule is CC(C)c1ccnn1-c1ccc(N)cc1. The lowest BCUT2D eigenvalue weighted by Gasteiger charge is -2.09. The van der Waals surface area contributed by atoms with Crippen LogP contribution in [0.1, 0.15) is 25.5 Å². The molecular weight excluding hydrogens is 186 g/mol. The van der Waals surface area contributed by atoms with Crippen molar-refractivity contribution in [2.45, 2.75) is 19.8 Å². The van der Waals surface area contributed by atoms with Gasteiger partial charge in [-0.3, -0.25) is 0 Å². The number of hydrogen-bond donors (Lipinski definition) is 1. The Morgan fingerprint density at radius 1 is 1.13 bits per heavy atom. The number of benzene rings is 1. The number of nitrogens with zero attached hydrogens (tertiary/aromatic N) is 2. The first-order valence-corrected chi connectivity index (χ1v) is 5.08. The largest absolute Gasteiger partial charge is 0.399 e. The van der Waals surface area contributed by atoms with Gasteiger partial charge in [-0.1, -0.05) is 13.8 Å². The van der Waals surface area contributed by atoms with Crippen molar-refractivity contribution in [2.24, 2.45) is 0 Å². The predicted molar refractivity (Wildman–Crippen MR) is 62.1 cm³/mol. The molecule has 1 aromatic heterocycles. The van der Waals surface area contributed by atoms with Crippen molar-refractivity contribution in [3.8, 4) is 5.69 Å². The van der Waals surface area contributed by atoms with Gasteiger partial charge in [-0.25, -0.2) is 4.68 Å². The van der Waals surface area contributed by atoms with Crippen LogP contribution in [-0.2, 0) is 0 Å². The molecule has 0 aliphatic rings. The standard InChI is InChI=1S/C12H15N3/c1-9(2)12-7-8-14-15(12)11-5-3-10(13)4-6-11/h3-9H,13H2,1-2H3. The highest BCUT2D eigenvalue weighted by Gasteiger charge is 2.07. The molecule has 1 heterocycles. The van der Waals surface area contributed by atoms with Crippen LogP contribution < -0.4 is 5.73 Å². The van der Waals surface area contributed by atoms with Crippen molar-refractivity contribution >= 4 is 5.69 Å². The van der Waals surface area contributed by atoms with Crippen LogP contribution in [0.2, 0.25) is 0 Å². The van der Waals surface area contributed by atoms with Crippen molar-refractivity contribution in [1.29, 1.82) is 0 Å². The second kappa shape index (κ2) is 3.77. The molecule has 0 bridgehead atoms. The van der Waals surface area contributed by atoms with E-state index in [0.717, 1.165) is 11.4 Å². The summed E-state index contributed by atoms with van der Waals surface area (Å²) >= 11 is 0. The molecule has 0 amide bonds. The van der Waals surface area contributed by atoms with Gasteiger partial charge in [0.1, 0.15) is 0 Å². The molecule has 0 radical (unpaired) electrons. The smallest absolute Gasteiger partial charge is 0.0650 e. The zero-order chi connectivity index (χ0) is 10.8. The van der Waals surface area contributed by atoms with Gasteiger partial charge in [0, 0.05) is 17.6 Å². The van der Waals surface area contributed by atoms with E-state index in [1.54, 1.807) is 0 Å². The lowest BCUT2D eigenvalue weighted by molar-refractivity contribution is 0.734. The number of nitrogen functional groups attached to an aromatic ring is 1. The molecular formula is C12H15N3. The van der Waals surface area contributed by atoms with Crippen molar-refractivity contribution in [1.82, 2.24) is 9.78 Å². The molecule has 0 saturated heterocycles. The normalized spacial score (nSPS) is 10.9. The fraction of sp³-hybridized carbons (Fsp3) is 0.250. The van der Waals surface area contributed by atoms with Gasteiger partial charge in [-0.05, 0) is 36.2 Å². The van der Waals surface area contributed by atoms with Crippen LogP contribution in [0.5, 0.6) is 0 Å². The molecule has 0 spiro atoms. The Morgan fingerprint density at radius 2 is 1.80 bits per heavy atom. The van der Waals surface area contributed by atoms with Gasteiger partial charge < -0.3 is 5.73 Å². The molecule has 0 fully saturated rings. The summed E-state index contributed by atoms with van der Waals surface area (Å²) in [5.41, 5.74) is 8.68. The Labute approximate surface area is 89.5 Å². The second-order valence-electron chi connectivity index (χ2n) is 3.91. The molecule has 0 aliphatic carbocycles. The molecule has 3 heteroatoms. The van der Waals surface area contributed by atoms with E-state index in [2.05, 4.69) is 18.9 Å². The summed E-state index contributed by atoms with van der Waals surface area (Å²) in [5.74, 6) is 0.463. The first-order chi connectivity index (χ1) is 7.18. The molecule has 1 aromatic carbocycles. The van der Waals surface area contributed by atoms with E-state index in [9.17, 15) is 0 Å². The van der Waals surface area contributed by atoms with Gasteiger partial charge in [0.25, 0.3) is 0 Å². The number of aromatic nitrogens is 2. The average Bonchev–Trinajstić information content (AvgIpc) is 2.67. The Kier molecular flexibility index (Phi) is 2.46. The third-order valence-electron chi connectivity index (χ3n) is 2.40. The zero-order valence-corrected chi connectivity index (χ0v) is 9.01. The molecule has 2 N–H and O–H groups in total. The van der Waals surface area contributed by atoms with Crippen LogP contribution in [0.4, 0.5) is 5.69 Å². The number of anilines is 1. The first kappa shape index (κ1) is 9.77. The number of rotatable bonds is 2. The molecule has 78 valence electrons. The Hall–Kier alpha value is -1.77. The minimum Gasteiger partial charge on any atom is -0.399 e. The lowest BCUT2D eigenvalue weighted by atomic mass is 10.1. The predicted octanol–water partition coefficient (Wildman–Crippen LogP) is 2.58. The Morgan fingerprint density at radius 3 is 2.40 bits per heavy atom. The summed E-state index contributed by atoms with van der Waals surface area (Å²) in [4.78, 5) is 0. The quantitative estimate of drug-likeness (QED) is 0.759. The first-order valence-electron chi connectivity index (χ1n) is 5.08. The van der Waals surface area contributed by atoms with E-state index in [-0.39, 0.29) is 0 Å². The molecule has 3 nitrogen and oxygen atoms in total. The molecule has 15 heavy (non-hydrogen) atoms. The monoisotopic (exact) mass is 201 g/mol. The van der Waals surface area contributed by atoms with Crippen molar-refractivity contribution in [3.63, 3.8) is 0 Å². The summed E-state index contributed by atoms with van der Waals surface area (Å²) < 4.78 is 1.95. The summed E-state index contributed by atoms with van der Waals surface area (Å²) in [7, 11) is 0. The second-order valence-corrected chi connectivity index (χ2v) is 3.91. The van der Waals surface area contributed by atoms with Crippen molar-refractivity contribution < 1.29 is 0 Å². The molecule has 2 rings (SSSR count). The molecule has 0 unspecified atom stereocenters.